The minimum absolute atomic E-state index is 0.119. The van der Waals surface area contributed by atoms with Gasteiger partial charge in [0, 0.05) is 6.04 Å². The smallest absolute Gasteiger partial charge is 0.0332 e. The Hall–Kier alpha value is -1.08. The van der Waals surface area contributed by atoms with Gasteiger partial charge in [-0.05, 0) is 49.3 Å². The van der Waals surface area contributed by atoms with Crippen molar-refractivity contribution in [2.75, 3.05) is 0 Å². The SMILES string of the molecule is C=C(C)CC(N)c1ccc2c(c1)CCC2. The zero-order valence-electron chi connectivity index (χ0n) is 9.42. The summed E-state index contributed by atoms with van der Waals surface area (Å²) in [5.41, 5.74) is 11.6. The highest BCUT2D eigenvalue weighted by Crippen LogP contribution is 2.26. The second-order valence-electron chi connectivity index (χ2n) is 4.65. The van der Waals surface area contributed by atoms with Gasteiger partial charge in [0.05, 0.1) is 0 Å². The Morgan fingerprint density at radius 3 is 2.87 bits per heavy atom. The third kappa shape index (κ3) is 2.29. The van der Waals surface area contributed by atoms with Crippen molar-refractivity contribution in [1.82, 2.24) is 0 Å². The Balaban J connectivity index is 2.19. The molecule has 80 valence electrons. The van der Waals surface area contributed by atoms with Crippen LogP contribution in [-0.4, -0.2) is 0 Å². The third-order valence-corrected chi connectivity index (χ3v) is 3.12. The highest BCUT2D eigenvalue weighted by atomic mass is 14.6. The molecular weight excluding hydrogens is 182 g/mol. The minimum atomic E-state index is 0.119. The van der Waals surface area contributed by atoms with E-state index < -0.39 is 0 Å². The molecule has 0 aromatic heterocycles. The quantitative estimate of drug-likeness (QED) is 0.747. The van der Waals surface area contributed by atoms with Gasteiger partial charge < -0.3 is 5.73 Å². The van der Waals surface area contributed by atoms with Crippen molar-refractivity contribution in [2.45, 2.75) is 38.6 Å². The first-order chi connectivity index (χ1) is 7.16. The van der Waals surface area contributed by atoms with Crippen LogP contribution in [0, 0.1) is 0 Å². The zero-order chi connectivity index (χ0) is 10.8. The van der Waals surface area contributed by atoms with Crippen LogP contribution in [0.15, 0.2) is 30.4 Å². The number of benzene rings is 1. The van der Waals surface area contributed by atoms with Crippen LogP contribution in [-0.2, 0) is 12.8 Å². The molecule has 0 saturated heterocycles. The van der Waals surface area contributed by atoms with Crippen molar-refractivity contribution in [2.24, 2.45) is 5.73 Å². The molecule has 0 heterocycles. The van der Waals surface area contributed by atoms with E-state index in [1.54, 1.807) is 0 Å². The van der Waals surface area contributed by atoms with E-state index in [1.165, 1.54) is 36.0 Å². The fourth-order valence-electron chi connectivity index (χ4n) is 2.32. The largest absolute Gasteiger partial charge is 0.324 e. The van der Waals surface area contributed by atoms with Crippen LogP contribution in [0.1, 0.15) is 42.5 Å². The van der Waals surface area contributed by atoms with E-state index in [-0.39, 0.29) is 6.04 Å². The lowest BCUT2D eigenvalue weighted by Gasteiger charge is -2.13. The lowest BCUT2D eigenvalue weighted by molar-refractivity contribution is 0.716. The van der Waals surface area contributed by atoms with Gasteiger partial charge in [-0.1, -0.05) is 23.8 Å². The van der Waals surface area contributed by atoms with Crippen LogP contribution in [0.4, 0.5) is 0 Å². The molecule has 0 fully saturated rings. The van der Waals surface area contributed by atoms with Crippen LogP contribution in [0.3, 0.4) is 0 Å². The van der Waals surface area contributed by atoms with Gasteiger partial charge in [0.25, 0.3) is 0 Å². The summed E-state index contributed by atoms with van der Waals surface area (Å²) in [5, 5.41) is 0. The van der Waals surface area contributed by atoms with E-state index in [1.807, 2.05) is 6.92 Å². The summed E-state index contributed by atoms with van der Waals surface area (Å²) in [7, 11) is 0. The molecule has 1 unspecified atom stereocenters. The van der Waals surface area contributed by atoms with E-state index in [0.29, 0.717) is 0 Å². The normalized spacial score (nSPS) is 16.1. The van der Waals surface area contributed by atoms with Gasteiger partial charge in [0.2, 0.25) is 0 Å². The predicted molar refractivity (Wildman–Crippen MR) is 64.8 cm³/mol. The molecule has 0 bridgehead atoms. The predicted octanol–water partition coefficient (Wildman–Crippen LogP) is 3.14. The summed E-state index contributed by atoms with van der Waals surface area (Å²) in [5.74, 6) is 0. The molecule has 15 heavy (non-hydrogen) atoms. The fraction of sp³-hybridized carbons (Fsp3) is 0.429. The Morgan fingerprint density at radius 1 is 1.40 bits per heavy atom. The van der Waals surface area contributed by atoms with Gasteiger partial charge >= 0.3 is 0 Å². The van der Waals surface area contributed by atoms with E-state index in [4.69, 9.17) is 5.73 Å². The van der Waals surface area contributed by atoms with Crippen LogP contribution < -0.4 is 5.73 Å². The molecule has 1 aromatic carbocycles. The van der Waals surface area contributed by atoms with Crippen molar-refractivity contribution < 1.29 is 0 Å². The first-order valence-electron chi connectivity index (χ1n) is 5.68. The number of hydrogen-bond acceptors (Lipinski definition) is 1. The van der Waals surface area contributed by atoms with Gasteiger partial charge in [-0.2, -0.15) is 0 Å². The van der Waals surface area contributed by atoms with Gasteiger partial charge in [-0.15, -0.1) is 6.58 Å². The number of aryl methyl sites for hydroxylation is 2. The third-order valence-electron chi connectivity index (χ3n) is 3.12. The van der Waals surface area contributed by atoms with Gasteiger partial charge in [0.1, 0.15) is 0 Å². The average Bonchev–Trinajstić information content (AvgIpc) is 2.62. The molecule has 1 aliphatic carbocycles. The summed E-state index contributed by atoms with van der Waals surface area (Å²) in [6, 6.07) is 6.83. The maximum atomic E-state index is 6.13. The molecule has 0 saturated carbocycles. The molecule has 1 aliphatic rings. The first kappa shape index (κ1) is 10.4. The van der Waals surface area contributed by atoms with Gasteiger partial charge in [-0.3, -0.25) is 0 Å². The first-order valence-corrected chi connectivity index (χ1v) is 5.68. The average molecular weight is 201 g/mol. The van der Waals surface area contributed by atoms with Gasteiger partial charge in [-0.25, -0.2) is 0 Å². The van der Waals surface area contributed by atoms with Crippen LogP contribution in [0.25, 0.3) is 0 Å². The standard InChI is InChI=1S/C14H19N/c1-10(2)8-14(15)13-7-6-11-4-3-5-12(11)9-13/h6-7,9,14H,1,3-5,8,15H2,2H3. The highest BCUT2D eigenvalue weighted by Gasteiger charge is 2.13. The van der Waals surface area contributed by atoms with E-state index >= 15 is 0 Å². The Morgan fingerprint density at radius 2 is 2.13 bits per heavy atom. The molecule has 0 spiro atoms. The lowest BCUT2D eigenvalue weighted by atomic mass is 9.98. The number of hydrogen-bond donors (Lipinski definition) is 1. The van der Waals surface area contributed by atoms with Crippen molar-refractivity contribution in [3.05, 3.63) is 47.0 Å². The highest BCUT2D eigenvalue weighted by molar-refractivity contribution is 5.36. The van der Waals surface area contributed by atoms with Crippen molar-refractivity contribution in [3.63, 3.8) is 0 Å². The molecule has 1 heteroatoms. The fourth-order valence-corrected chi connectivity index (χ4v) is 2.32. The maximum Gasteiger partial charge on any atom is 0.0332 e. The Labute approximate surface area is 92.0 Å². The second-order valence-corrected chi connectivity index (χ2v) is 4.65. The van der Waals surface area contributed by atoms with Crippen LogP contribution in [0.2, 0.25) is 0 Å². The summed E-state index contributed by atoms with van der Waals surface area (Å²) < 4.78 is 0. The zero-order valence-corrected chi connectivity index (χ0v) is 9.42. The number of fused-ring (bicyclic) bond motifs is 1. The number of rotatable bonds is 3. The maximum absolute atomic E-state index is 6.13. The summed E-state index contributed by atoms with van der Waals surface area (Å²) >= 11 is 0. The molecular formula is C14H19N. The Kier molecular flexibility index (Phi) is 2.92. The molecule has 0 radical (unpaired) electrons. The molecule has 0 amide bonds. The summed E-state index contributed by atoms with van der Waals surface area (Å²) in [4.78, 5) is 0. The topological polar surface area (TPSA) is 26.0 Å². The second kappa shape index (κ2) is 4.19. The van der Waals surface area contributed by atoms with Crippen molar-refractivity contribution in [1.29, 1.82) is 0 Å². The number of nitrogens with two attached hydrogens (primary N) is 1. The summed E-state index contributed by atoms with van der Waals surface area (Å²) in [6.07, 6.45) is 4.65. The van der Waals surface area contributed by atoms with E-state index in [0.717, 1.165) is 12.0 Å². The molecule has 1 atom stereocenters. The lowest BCUT2D eigenvalue weighted by Crippen LogP contribution is -2.10. The van der Waals surface area contributed by atoms with E-state index in [2.05, 4.69) is 24.8 Å². The van der Waals surface area contributed by atoms with Crippen LogP contribution >= 0.6 is 0 Å². The molecule has 1 nitrogen and oxygen atoms in total. The molecule has 2 N–H and O–H groups in total. The minimum Gasteiger partial charge on any atom is -0.324 e. The molecule has 1 aromatic rings. The van der Waals surface area contributed by atoms with Crippen molar-refractivity contribution >= 4 is 0 Å². The Bertz CT molecular complexity index is 379. The van der Waals surface area contributed by atoms with Crippen LogP contribution in [0.5, 0.6) is 0 Å². The van der Waals surface area contributed by atoms with Crippen molar-refractivity contribution in [3.8, 4) is 0 Å². The molecule has 0 aliphatic heterocycles. The summed E-state index contributed by atoms with van der Waals surface area (Å²) in [6.45, 7) is 5.95. The monoisotopic (exact) mass is 201 g/mol. The van der Waals surface area contributed by atoms with Gasteiger partial charge in [0.15, 0.2) is 0 Å². The molecule has 2 rings (SSSR count). The van der Waals surface area contributed by atoms with E-state index in [9.17, 15) is 0 Å².